The van der Waals surface area contributed by atoms with Gasteiger partial charge in [0.25, 0.3) is 5.91 Å². The summed E-state index contributed by atoms with van der Waals surface area (Å²) in [6.07, 6.45) is 1.50. The van der Waals surface area contributed by atoms with Gasteiger partial charge in [0.1, 0.15) is 17.3 Å². The van der Waals surface area contributed by atoms with Crippen LogP contribution in [0.2, 0.25) is 0 Å². The zero-order valence-corrected chi connectivity index (χ0v) is 14.1. The third kappa shape index (κ3) is 4.54. The van der Waals surface area contributed by atoms with E-state index in [1.54, 1.807) is 43.5 Å². The van der Waals surface area contributed by atoms with Gasteiger partial charge in [-0.2, -0.15) is 0 Å². The van der Waals surface area contributed by atoms with E-state index in [1.807, 2.05) is 0 Å². The normalized spacial score (nSPS) is 10.2. The molecule has 2 aromatic carbocycles. The number of hydrogen-bond acceptors (Lipinski definition) is 5. The van der Waals surface area contributed by atoms with Crippen LogP contribution in [0.3, 0.4) is 0 Å². The highest BCUT2D eigenvalue weighted by molar-refractivity contribution is 6.02. The van der Waals surface area contributed by atoms with E-state index in [0.29, 0.717) is 23.9 Å². The summed E-state index contributed by atoms with van der Waals surface area (Å²) in [5, 5.41) is 5.78. The number of carbonyl (C=O) groups is 1. The van der Waals surface area contributed by atoms with Crippen LogP contribution in [0.4, 0.5) is 16.0 Å². The maximum atomic E-state index is 12.9. The highest BCUT2D eigenvalue weighted by Gasteiger charge is 2.09. The van der Waals surface area contributed by atoms with Crippen molar-refractivity contribution in [1.29, 1.82) is 0 Å². The number of rotatable bonds is 6. The van der Waals surface area contributed by atoms with E-state index in [-0.39, 0.29) is 17.4 Å². The SMILES string of the molecule is COc1ccc(NC(=O)c2ccnc(NCc3ccc(F)cc3)n2)cc1. The van der Waals surface area contributed by atoms with Gasteiger partial charge >= 0.3 is 0 Å². The van der Waals surface area contributed by atoms with Crippen molar-refractivity contribution in [3.63, 3.8) is 0 Å². The molecule has 0 spiro atoms. The average Bonchev–Trinajstić information content (AvgIpc) is 2.68. The molecule has 1 heterocycles. The van der Waals surface area contributed by atoms with Gasteiger partial charge in [-0.05, 0) is 48.0 Å². The number of halogens is 1. The molecule has 3 rings (SSSR count). The molecule has 2 N–H and O–H groups in total. The number of anilines is 2. The first-order valence-electron chi connectivity index (χ1n) is 7.91. The Hall–Kier alpha value is -3.48. The third-order valence-electron chi connectivity index (χ3n) is 3.60. The number of benzene rings is 2. The van der Waals surface area contributed by atoms with E-state index >= 15 is 0 Å². The smallest absolute Gasteiger partial charge is 0.274 e. The van der Waals surface area contributed by atoms with Crippen molar-refractivity contribution >= 4 is 17.5 Å². The van der Waals surface area contributed by atoms with E-state index in [2.05, 4.69) is 20.6 Å². The molecule has 0 aliphatic rings. The molecule has 6 nitrogen and oxygen atoms in total. The number of ether oxygens (including phenoxy) is 1. The Morgan fingerprint density at radius 2 is 1.81 bits per heavy atom. The molecule has 7 heteroatoms. The third-order valence-corrected chi connectivity index (χ3v) is 3.60. The summed E-state index contributed by atoms with van der Waals surface area (Å²) in [7, 11) is 1.58. The van der Waals surface area contributed by atoms with Gasteiger partial charge in [-0.15, -0.1) is 0 Å². The first kappa shape index (κ1) is 17.3. The molecule has 0 bridgehead atoms. The Kier molecular flexibility index (Phi) is 5.38. The maximum absolute atomic E-state index is 12.9. The monoisotopic (exact) mass is 352 g/mol. The van der Waals surface area contributed by atoms with E-state index in [9.17, 15) is 9.18 Å². The summed E-state index contributed by atoms with van der Waals surface area (Å²) in [5.74, 6) is 0.388. The summed E-state index contributed by atoms with van der Waals surface area (Å²) in [6, 6.07) is 14.6. The molecule has 132 valence electrons. The van der Waals surface area contributed by atoms with Gasteiger partial charge in [-0.1, -0.05) is 12.1 Å². The maximum Gasteiger partial charge on any atom is 0.274 e. The van der Waals surface area contributed by atoms with Gasteiger partial charge in [-0.25, -0.2) is 14.4 Å². The number of aromatic nitrogens is 2. The number of methoxy groups -OCH3 is 1. The predicted molar refractivity (Wildman–Crippen MR) is 96.7 cm³/mol. The first-order chi connectivity index (χ1) is 12.6. The summed E-state index contributed by atoms with van der Waals surface area (Å²) in [6.45, 7) is 0.420. The summed E-state index contributed by atoms with van der Waals surface area (Å²) in [5.41, 5.74) is 1.75. The molecule has 0 fully saturated rings. The van der Waals surface area contributed by atoms with Gasteiger partial charge in [0.15, 0.2) is 0 Å². The molecule has 0 radical (unpaired) electrons. The van der Waals surface area contributed by atoms with Crippen LogP contribution >= 0.6 is 0 Å². The van der Waals surface area contributed by atoms with E-state index < -0.39 is 0 Å². The van der Waals surface area contributed by atoms with Crippen molar-refractivity contribution in [2.75, 3.05) is 17.7 Å². The van der Waals surface area contributed by atoms with Crippen molar-refractivity contribution in [3.05, 3.63) is 77.9 Å². The summed E-state index contributed by atoms with van der Waals surface area (Å²) in [4.78, 5) is 20.6. The second-order valence-electron chi connectivity index (χ2n) is 5.43. The lowest BCUT2D eigenvalue weighted by Crippen LogP contribution is -2.15. The predicted octanol–water partition coefficient (Wildman–Crippen LogP) is 3.49. The molecule has 3 aromatic rings. The van der Waals surface area contributed by atoms with Crippen molar-refractivity contribution < 1.29 is 13.9 Å². The minimum Gasteiger partial charge on any atom is -0.497 e. The standard InChI is InChI=1S/C19H17FN4O2/c1-26-16-8-6-15(7-9-16)23-18(25)17-10-11-21-19(24-17)22-12-13-2-4-14(20)5-3-13/h2-11H,12H2,1H3,(H,23,25)(H,21,22,24). The lowest BCUT2D eigenvalue weighted by molar-refractivity contribution is 0.102. The Morgan fingerprint density at radius 3 is 2.50 bits per heavy atom. The Balaban J connectivity index is 1.63. The van der Waals surface area contributed by atoms with Crippen LogP contribution in [0.1, 0.15) is 16.1 Å². The lowest BCUT2D eigenvalue weighted by Gasteiger charge is -2.08. The van der Waals surface area contributed by atoms with Gasteiger partial charge in [-0.3, -0.25) is 4.79 Å². The highest BCUT2D eigenvalue weighted by Crippen LogP contribution is 2.16. The lowest BCUT2D eigenvalue weighted by atomic mass is 10.2. The molecule has 0 unspecified atom stereocenters. The minimum atomic E-state index is -0.345. The van der Waals surface area contributed by atoms with Crippen molar-refractivity contribution in [1.82, 2.24) is 9.97 Å². The molecular formula is C19H17FN4O2. The Labute approximate surface area is 150 Å². The van der Waals surface area contributed by atoms with E-state index in [1.165, 1.54) is 24.4 Å². The van der Waals surface area contributed by atoms with E-state index in [0.717, 1.165) is 5.56 Å². The second-order valence-corrected chi connectivity index (χ2v) is 5.43. The van der Waals surface area contributed by atoms with Crippen molar-refractivity contribution in [2.24, 2.45) is 0 Å². The van der Waals surface area contributed by atoms with Crippen LogP contribution in [0, 0.1) is 5.82 Å². The summed E-state index contributed by atoms with van der Waals surface area (Å²) < 4.78 is 18.0. The minimum absolute atomic E-state index is 0.234. The first-order valence-corrected chi connectivity index (χ1v) is 7.91. The number of carbonyl (C=O) groups excluding carboxylic acids is 1. The van der Waals surface area contributed by atoms with Gasteiger partial charge < -0.3 is 15.4 Å². The van der Waals surface area contributed by atoms with Crippen LogP contribution in [0.5, 0.6) is 5.75 Å². The van der Waals surface area contributed by atoms with Gasteiger partial charge in [0.2, 0.25) is 5.95 Å². The number of nitrogens with zero attached hydrogens (tertiary/aromatic N) is 2. The van der Waals surface area contributed by atoms with Crippen LogP contribution in [0.15, 0.2) is 60.8 Å². The fourth-order valence-corrected chi connectivity index (χ4v) is 2.22. The van der Waals surface area contributed by atoms with E-state index in [4.69, 9.17) is 4.74 Å². The second kappa shape index (κ2) is 8.06. The van der Waals surface area contributed by atoms with Gasteiger partial charge in [0, 0.05) is 18.4 Å². The van der Waals surface area contributed by atoms with Crippen LogP contribution in [0.25, 0.3) is 0 Å². The number of amides is 1. The molecule has 0 saturated carbocycles. The zero-order valence-electron chi connectivity index (χ0n) is 14.1. The molecule has 1 aromatic heterocycles. The topological polar surface area (TPSA) is 76.1 Å². The Bertz CT molecular complexity index is 883. The Morgan fingerprint density at radius 1 is 1.08 bits per heavy atom. The molecule has 26 heavy (non-hydrogen) atoms. The number of hydrogen-bond donors (Lipinski definition) is 2. The molecular weight excluding hydrogens is 335 g/mol. The number of nitrogens with one attached hydrogen (secondary N) is 2. The average molecular weight is 352 g/mol. The van der Waals surface area contributed by atoms with Crippen LogP contribution in [-0.2, 0) is 6.54 Å². The molecule has 0 saturated heterocycles. The summed E-state index contributed by atoms with van der Waals surface area (Å²) >= 11 is 0. The van der Waals surface area contributed by atoms with Crippen LogP contribution < -0.4 is 15.4 Å². The van der Waals surface area contributed by atoms with Crippen molar-refractivity contribution in [2.45, 2.75) is 6.54 Å². The highest BCUT2D eigenvalue weighted by atomic mass is 19.1. The van der Waals surface area contributed by atoms with Crippen LogP contribution in [-0.4, -0.2) is 23.0 Å². The quantitative estimate of drug-likeness (QED) is 0.710. The fourth-order valence-electron chi connectivity index (χ4n) is 2.22. The molecule has 0 aliphatic carbocycles. The molecule has 0 atom stereocenters. The largest absolute Gasteiger partial charge is 0.497 e. The molecule has 0 aliphatic heterocycles. The molecule has 1 amide bonds. The zero-order chi connectivity index (χ0) is 18.4. The fraction of sp³-hybridized carbons (Fsp3) is 0.105. The van der Waals surface area contributed by atoms with Crippen molar-refractivity contribution in [3.8, 4) is 5.75 Å². The van der Waals surface area contributed by atoms with Gasteiger partial charge in [0.05, 0.1) is 7.11 Å².